The van der Waals surface area contributed by atoms with Gasteiger partial charge in [0.1, 0.15) is 0 Å². The molecule has 0 bridgehead atoms. The molecule has 7 heteroatoms. The van der Waals surface area contributed by atoms with Gasteiger partial charge >= 0.3 is 5.97 Å². The molecule has 0 aliphatic rings. The van der Waals surface area contributed by atoms with Crippen LogP contribution in [0, 0.1) is 5.92 Å². The molecule has 0 amide bonds. The molecule has 19 heavy (non-hydrogen) atoms. The lowest BCUT2D eigenvalue weighted by Gasteiger charge is -2.13. The monoisotopic (exact) mass is 286 g/mol. The molecule has 0 radical (unpaired) electrons. The highest BCUT2D eigenvalue weighted by molar-refractivity contribution is 7.89. The van der Waals surface area contributed by atoms with Gasteiger partial charge in [-0.3, -0.25) is 0 Å². The zero-order valence-corrected chi connectivity index (χ0v) is 11.9. The summed E-state index contributed by atoms with van der Waals surface area (Å²) in [6.07, 6.45) is 0. The first-order valence-corrected chi connectivity index (χ1v) is 7.31. The van der Waals surface area contributed by atoms with E-state index in [1.165, 1.54) is 19.2 Å². The Balaban J connectivity index is 3.19. The van der Waals surface area contributed by atoms with Crippen LogP contribution in [0.3, 0.4) is 0 Å². The van der Waals surface area contributed by atoms with Gasteiger partial charge in [-0.1, -0.05) is 13.8 Å². The van der Waals surface area contributed by atoms with E-state index in [9.17, 15) is 13.2 Å². The fourth-order valence-electron chi connectivity index (χ4n) is 1.45. The Kier molecular flexibility index (Phi) is 4.90. The zero-order chi connectivity index (χ0) is 14.6. The number of nitrogens with one attached hydrogen (secondary N) is 2. The maximum absolute atomic E-state index is 11.6. The summed E-state index contributed by atoms with van der Waals surface area (Å²) < 4.78 is 25.4. The van der Waals surface area contributed by atoms with Crippen LogP contribution in [0.25, 0.3) is 0 Å². The standard InChI is InChI=1S/C12H18N2O4S/c1-8(2)7-14-11-5-4-9(19(17,18)13-3)6-10(11)12(15)16/h4-6,8,13-14H,7H2,1-3H3,(H,15,16). The van der Waals surface area contributed by atoms with Gasteiger partial charge in [0.15, 0.2) is 0 Å². The van der Waals surface area contributed by atoms with Crippen molar-refractivity contribution < 1.29 is 18.3 Å². The van der Waals surface area contributed by atoms with Crippen molar-refractivity contribution in [2.45, 2.75) is 18.7 Å². The van der Waals surface area contributed by atoms with E-state index < -0.39 is 16.0 Å². The van der Waals surface area contributed by atoms with Gasteiger partial charge in [-0.05, 0) is 31.2 Å². The third kappa shape index (κ3) is 3.93. The summed E-state index contributed by atoms with van der Waals surface area (Å²) in [7, 11) is -2.36. The second-order valence-electron chi connectivity index (χ2n) is 4.49. The molecule has 0 saturated heterocycles. The number of carboxylic acid groups (broad SMARTS) is 1. The van der Waals surface area contributed by atoms with Gasteiger partial charge in [-0.25, -0.2) is 17.9 Å². The number of carbonyl (C=O) groups is 1. The lowest BCUT2D eigenvalue weighted by Crippen LogP contribution is -2.19. The quantitative estimate of drug-likeness (QED) is 0.734. The highest BCUT2D eigenvalue weighted by Crippen LogP contribution is 2.21. The summed E-state index contributed by atoms with van der Waals surface area (Å²) in [5.74, 6) is -0.818. The van der Waals surface area contributed by atoms with E-state index in [4.69, 9.17) is 5.11 Å². The minimum absolute atomic E-state index is 0.0584. The van der Waals surface area contributed by atoms with E-state index in [2.05, 4.69) is 10.0 Å². The second kappa shape index (κ2) is 6.03. The predicted molar refractivity (Wildman–Crippen MR) is 73.0 cm³/mol. The Morgan fingerprint density at radius 3 is 2.47 bits per heavy atom. The third-order valence-electron chi connectivity index (χ3n) is 2.50. The Hall–Kier alpha value is -1.60. The number of hydrogen-bond donors (Lipinski definition) is 3. The Labute approximate surface area is 112 Å². The highest BCUT2D eigenvalue weighted by Gasteiger charge is 2.17. The topological polar surface area (TPSA) is 95.5 Å². The van der Waals surface area contributed by atoms with E-state index in [0.717, 1.165) is 6.07 Å². The summed E-state index contributed by atoms with van der Waals surface area (Å²) in [5, 5.41) is 12.1. The molecule has 0 fully saturated rings. The van der Waals surface area contributed by atoms with Gasteiger partial charge in [0, 0.05) is 12.2 Å². The summed E-state index contributed by atoms with van der Waals surface area (Å²) in [4.78, 5) is 11.1. The average molecular weight is 286 g/mol. The minimum atomic E-state index is -3.64. The molecule has 106 valence electrons. The van der Waals surface area contributed by atoms with Crippen LogP contribution in [0.1, 0.15) is 24.2 Å². The number of rotatable bonds is 6. The molecule has 1 rings (SSSR count). The normalized spacial score (nSPS) is 11.6. The van der Waals surface area contributed by atoms with Crippen molar-refractivity contribution in [1.82, 2.24) is 4.72 Å². The molecule has 1 aromatic carbocycles. The summed E-state index contributed by atoms with van der Waals surface area (Å²) >= 11 is 0. The molecule has 0 aliphatic heterocycles. The van der Waals surface area contributed by atoms with Gasteiger partial charge in [0.2, 0.25) is 10.0 Å². The van der Waals surface area contributed by atoms with Crippen LogP contribution in [-0.4, -0.2) is 33.1 Å². The van der Waals surface area contributed by atoms with Crippen LogP contribution >= 0.6 is 0 Å². The summed E-state index contributed by atoms with van der Waals surface area (Å²) in [6, 6.07) is 3.99. The molecule has 6 nitrogen and oxygen atoms in total. The Bertz CT molecular complexity index is 567. The van der Waals surface area contributed by atoms with Crippen LogP contribution in [0.2, 0.25) is 0 Å². The molecule has 0 aliphatic carbocycles. The average Bonchev–Trinajstić information content (AvgIpc) is 2.35. The maximum Gasteiger partial charge on any atom is 0.337 e. The minimum Gasteiger partial charge on any atom is -0.478 e. The Morgan fingerprint density at radius 2 is 2.00 bits per heavy atom. The SMILES string of the molecule is CNS(=O)(=O)c1ccc(NCC(C)C)c(C(=O)O)c1. The molecular weight excluding hydrogens is 268 g/mol. The van der Waals surface area contributed by atoms with Gasteiger partial charge < -0.3 is 10.4 Å². The van der Waals surface area contributed by atoms with Gasteiger partial charge in [-0.15, -0.1) is 0 Å². The zero-order valence-electron chi connectivity index (χ0n) is 11.1. The highest BCUT2D eigenvalue weighted by atomic mass is 32.2. The van der Waals surface area contributed by atoms with Gasteiger partial charge in [-0.2, -0.15) is 0 Å². The number of anilines is 1. The van der Waals surface area contributed by atoms with Crippen molar-refractivity contribution in [2.24, 2.45) is 5.92 Å². The fraction of sp³-hybridized carbons (Fsp3) is 0.417. The van der Waals surface area contributed by atoms with Crippen molar-refractivity contribution in [3.63, 3.8) is 0 Å². The first-order valence-electron chi connectivity index (χ1n) is 5.82. The number of hydrogen-bond acceptors (Lipinski definition) is 4. The van der Waals surface area contributed by atoms with E-state index in [1.54, 1.807) is 0 Å². The molecule has 0 unspecified atom stereocenters. The van der Waals surface area contributed by atoms with E-state index in [0.29, 0.717) is 18.2 Å². The van der Waals surface area contributed by atoms with Crippen molar-refractivity contribution >= 4 is 21.7 Å². The molecule has 0 saturated carbocycles. The number of aromatic carboxylic acids is 1. The summed E-state index contributed by atoms with van der Waals surface area (Å²) in [6.45, 7) is 4.60. The molecule has 0 spiro atoms. The molecule has 0 heterocycles. The van der Waals surface area contributed by atoms with E-state index in [1.807, 2.05) is 13.8 Å². The fourth-order valence-corrected chi connectivity index (χ4v) is 2.21. The number of benzene rings is 1. The first-order chi connectivity index (χ1) is 8.77. The third-order valence-corrected chi connectivity index (χ3v) is 3.91. The Morgan fingerprint density at radius 1 is 1.37 bits per heavy atom. The van der Waals surface area contributed by atoms with E-state index >= 15 is 0 Å². The largest absolute Gasteiger partial charge is 0.478 e. The lowest BCUT2D eigenvalue weighted by atomic mass is 10.1. The number of carboxylic acids is 1. The van der Waals surface area contributed by atoms with Crippen LogP contribution in [0.15, 0.2) is 23.1 Å². The molecule has 1 aromatic rings. The smallest absolute Gasteiger partial charge is 0.337 e. The van der Waals surface area contributed by atoms with E-state index in [-0.39, 0.29) is 10.5 Å². The van der Waals surface area contributed by atoms with Crippen LogP contribution in [0.4, 0.5) is 5.69 Å². The molecule has 3 N–H and O–H groups in total. The van der Waals surface area contributed by atoms with Crippen molar-refractivity contribution in [3.8, 4) is 0 Å². The summed E-state index contributed by atoms with van der Waals surface area (Å²) in [5.41, 5.74) is 0.355. The molecule has 0 aromatic heterocycles. The molecule has 0 atom stereocenters. The van der Waals surface area contributed by atoms with Crippen molar-refractivity contribution in [2.75, 3.05) is 18.9 Å². The molecular formula is C12H18N2O4S. The van der Waals surface area contributed by atoms with Crippen molar-refractivity contribution in [3.05, 3.63) is 23.8 Å². The second-order valence-corrected chi connectivity index (χ2v) is 6.38. The van der Waals surface area contributed by atoms with Gasteiger partial charge in [0.25, 0.3) is 0 Å². The van der Waals surface area contributed by atoms with Crippen molar-refractivity contribution in [1.29, 1.82) is 0 Å². The lowest BCUT2D eigenvalue weighted by molar-refractivity contribution is 0.0697. The van der Waals surface area contributed by atoms with Gasteiger partial charge in [0.05, 0.1) is 10.5 Å². The predicted octanol–water partition coefficient (Wildman–Crippen LogP) is 1.36. The van der Waals surface area contributed by atoms with Crippen LogP contribution in [0.5, 0.6) is 0 Å². The van der Waals surface area contributed by atoms with Crippen LogP contribution < -0.4 is 10.0 Å². The first kappa shape index (κ1) is 15.5. The number of sulfonamides is 1. The van der Waals surface area contributed by atoms with Crippen LogP contribution in [-0.2, 0) is 10.0 Å². The maximum atomic E-state index is 11.6.